The summed E-state index contributed by atoms with van der Waals surface area (Å²) in [6.07, 6.45) is -2.19. The van der Waals surface area contributed by atoms with Crippen LogP contribution in [0, 0.1) is 0 Å². The summed E-state index contributed by atoms with van der Waals surface area (Å²) in [5.41, 5.74) is 3.46. The standard InChI is InChI=1S/C17H13NO3/c19-14-10-6-5-9-7-8-3-1-2-4-11(8)18-13(9)12(10)16-17(21-16)15(14)20/h1-7,14-17,19-20H/t14-,15+,16-,17+/m1/s1. The van der Waals surface area contributed by atoms with Gasteiger partial charge in [0.2, 0.25) is 0 Å². The third kappa shape index (κ3) is 1.47. The number of aromatic nitrogens is 1. The van der Waals surface area contributed by atoms with E-state index in [0.717, 1.165) is 32.9 Å². The molecule has 1 fully saturated rings. The molecule has 4 heteroatoms. The predicted molar refractivity (Wildman–Crippen MR) is 77.8 cm³/mol. The molecule has 1 aromatic heterocycles. The van der Waals surface area contributed by atoms with Crippen molar-refractivity contribution in [3.8, 4) is 0 Å². The van der Waals surface area contributed by atoms with Crippen LogP contribution in [0.15, 0.2) is 42.5 Å². The van der Waals surface area contributed by atoms with Crippen LogP contribution in [0.25, 0.3) is 21.8 Å². The minimum absolute atomic E-state index is 0.143. The maximum Gasteiger partial charge on any atom is 0.118 e. The molecule has 104 valence electrons. The molecule has 1 saturated heterocycles. The Bertz CT molecular complexity index is 892. The van der Waals surface area contributed by atoms with Gasteiger partial charge < -0.3 is 14.9 Å². The number of rotatable bonds is 0. The third-order valence-corrected chi connectivity index (χ3v) is 4.55. The SMILES string of the molecule is O[C@@H]1[C@@H]2O[C@@H]2c2c(ccc3cc4ccccc4nc23)[C@H]1O. The van der Waals surface area contributed by atoms with Crippen LogP contribution in [0.3, 0.4) is 0 Å². The highest BCUT2D eigenvalue weighted by Gasteiger charge is 2.54. The molecular formula is C17H13NO3. The molecule has 0 bridgehead atoms. The molecule has 2 heterocycles. The van der Waals surface area contributed by atoms with Gasteiger partial charge in [-0.25, -0.2) is 4.98 Å². The van der Waals surface area contributed by atoms with Gasteiger partial charge in [-0.05, 0) is 17.7 Å². The number of fused-ring (bicyclic) bond motifs is 6. The van der Waals surface area contributed by atoms with Gasteiger partial charge in [0.25, 0.3) is 0 Å². The molecule has 0 amide bonds. The van der Waals surface area contributed by atoms with Crippen molar-refractivity contribution >= 4 is 21.8 Å². The summed E-state index contributed by atoms with van der Waals surface area (Å²) in [4.78, 5) is 4.75. The summed E-state index contributed by atoms with van der Waals surface area (Å²) in [6, 6.07) is 13.9. The quantitative estimate of drug-likeness (QED) is 0.489. The van der Waals surface area contributed by atoms with Crippen molar-refractivity contribution in [3.63, 3.8) is 0 Å². The van der Waals surface area contributed by atoms with Crippen LogP contribution >= 0.6 is 0 Å². The molecule has 2 aromatic carbocycles. The summed E-state index contributed by atoms with van der Waals surface area (Å²) in [6.45, 7) is 0. The van der Waals surface area contributed by atoms with E-state index in [9.17, 15) is 10.2 Å². The van der Waals surface area contributed by atoms with Crippen molar-refractivity contribution in [1.29, 1.82) is 0 Å². The molecule has 4 nitrogen and oxygen atoms in total. The minimum Gasteiger partial charge on any atom is -0.387 e. The van der Waals surface area contributed by atoms with E-state index in [1.807, 2.05) is 36.4 Å². The number of hydrogen-bond donors (Lipinski definition) is 2. The highest BCUT2D eigenvalue weighted by molar-refractivity contribution is 5.95. The van der Waals surface area contributed by atoms with E-state index in [-0.39, 0.29) is 12.2 Å². The van der Waals surface area contributed by atoms with Crippen molar-refractivity contribution in [2.24, 2.45) is 0 Å². The van der Waals surface area contributed by atoms with Gasteiger partial charge in [0.1, 0.15) is 24.4 Å². The molecule has 1 aliphatic carbocycles. The second-order valence-corrected chi connectivity index (χ2v) is 5.78. The van der Waals surface area contributed by atoms with E-state index in [2.05, 4.69) is 6.07 Å². The second-order valence-electron chi connectivity index (χ2n) is 5.78. The van der Waals surface area contributed by atoms with Gasteiger partial charge in [0, 0.05) is 16.3 Å². The van der Waals surface area contributed by atoms with Crippen LogP contribution in [0.2, 0.25) is 0 Å². The molecule has 0 saturated carbocycles. The molecule has 5 rings (SSSR count). The Morgan fingerprint density at radius 1 is 1.00 bits per heavy atom. The van der Waals surface area contributed by atoms with E-state index in [1.54, 1.807) is 0 Å². The van der Waals surface area contributed by atoms with Gasteiger partial charge in [-0.15, -0.1) is 0 Å². The number of aliphatic hydroxyl groups is 2. The van der Waals surface area contributed by atoms with E-state index >= 15 is 0 Å². The normalized spacial score (nSPS) is 30.2. The summed E-state index contributed by atoms with van der Waals surface area (Å²) in [7, 11) is 0. The van der Waals surface area contributed by atoms with E-state index in [1.165, 1.54) is 0 Å². The average Bonchev–Trinajstić information content (AvgIpc) is 3.30. The van der Waals surface area contributed by atoms with E-state index < -0.39 is 12.2 Å². The number of nitrogens with zero attached hydrogens (tertiary/aromatic N) is 1. The number of pyridine rings is 1. The summed E-state index contributed by atoms with van der Waals surface area (Å²) in [5.74, 6) is 0. The highest BCUT2D eigenvalue weighted by Crippen LogP contribution is 2.52. The van der Waals surface area contributed by atoms with Crippen LogP contribution in [0.1, 0.15) is 23.3 Å². The predicted octanol–water partition coefficient (Wildman–Crippen LogP) is 2.24. The minimum atomic E-state index is -0.901. The van der Waals surface area contributed by atoms with Crippen molar-refractivity contribution < 1.29 is 14.9 Å². The van der Waals surface area contributed by atoms with Gasteiger partial charge in [0.15, 0.2) is 0 Å². The Morgan fingerprint density at radius 2 is 1.86 bits per heavy atom. The lowest BCUT2D eigenvalue weighted by Gasteiger charge is -2.24. The molecular weight excluding hydrogens is 266 g/mol. The first-order valence-electron chi connectivity index (χ1n) is 7.08. The Balaban J connectivity index is 1.87. The number of aliphatic hydroxyl groups excluding tert-OH is 2. The number of benzene rings is 2. The molecule has 3 aromatic rings. The molecule has 2 N–H and O–H groups in total. The first-order valence-corrected chi connectivity index (χ1v) is 7.08. The zero-order valence-electron chi connectivity index (χ0n) is 11.1. The van der Waals surface area contributed by atoms with Gasteiger partial charge in [-0.3, -0.25) is 0 Å². The van der Waals surface area contributed by atoms with Crippen molar-refractivity contribution in [2.75, 3.05) is 0 Å². The largest absolute Gasteiger partial charge is 0.387 e. The lowest BCUT2D eigenvalue weighted by molar-refractivity contribution is 0.0000942. The monoisotopic (exact) mass is 279 g/mol. The van der Waals surface area contributed by atoms with Gasteiger partial charge in [-0.2, -0.15) is 0 Å². The summed E-state index contributed by atoms with van der Waals surface area (Å²) in [5, 5.41) is 22.3. The third-order valence-electron chi connectivity index (χ3n) is 4.55. The maximum atomic E-state index is 10.2. The fourth-order valence-electron chi connectivity index (χ4n) is 3.42. The fraction of sp³-hybridized carbons (Fsp3) is 0.235. The van der Waals surface area contributed by atoms with Crippen LogP contribution in [-0.2, 0) is 4.74 Å². The summed E-state index contributed by atoms with van der Waals surface area (Å²) >= 11 is 0. The Morgan fingerprint density at radius 3 is 2.76 bits per heavy atom. The van der Waals surface area contributed by atoms with E-state index in [4.69, 9.17) is 9.72 Å². The van der Waals surface area contributed by atoms with Gasteiger partial charge in [0.05, 0.1) is 11.0 Å². The van der Waals surface area contributed by atoms with Crippen LogP contribution in [-0.4, -0.2) is 27.4 Å². The molecule has 21 heavy (non-hydrogen) atoms. The topological polar surface area (TPSA) is 65.9 Å². The van der Waals surface area contributed by atoms with Crippen molar-refractivity contribution in [2.45, 2.75) is 24.4 Å². The Hall–Kier alpha value is -2.01. The number of para-hydroxylation sites is 1. The molecule has 2 aliphatic rings. The van der Waals surface area contributed by atoms with Crippen LogP contribution < -0.4 is 0 Å². The molecule has 0 radical (unpaired) electrons. The number of hydrogen-bond acceptors (Lipinski definition) is 4. The number of ether oxygens (including phenoxy) is 1. The zero-order valence-corrected chi connectivity index (χ0v) is 11.1. The fourth-order valence-corrected chi connectivity index (χ4v) is 3.42. The van der Waals surface area contributed by atoms with Gasteiger partial charge in [-0.1, -0.05) is 30.3 Å². The lowest BCUT2D eigenvalue weighted by Crippen LogP contribution is -2.29. The van der Waals surface area contributed by atoms with E-state index in [0.29, 0.717) is 0 Å². The molecule has 4 atom stereocenters. The maximum absolute atomic E-state index is 10.2. The van der Waals surface area contributed by atoms with Crippen molar-refractivity contribution in [3.05, 3.63) is 53.6 Å². The summed E-state index contributed by atoms with van der Waals surface area (Å²) < 4.78 is 5.56. The van der Waals surface area contributed by atoms with Crippen LogP contribution in [0.4, 0.5) is 0 Å². The molecule has 0 unspecified atom stereocenters. The van der Waals surface area contributed by atoms with Crippen LogP contribution in [0.5, 0.6) is 0 Å². The second kappa shape index (κ2) is 3.80. The zero-order chi connectivity index (χ0) is 14.1. The molecule has 0 spiro atoms. The smallest absolute Gasteiger partial charge is 0.118 e. The average molecular weight is 279 g/mol. The highest BCUT2D eigenvalue weighted by atomic mass is 16.6. The first kappa shape index (κ1) is 11.6. The molecule has 1 aliphatic heterocycles. The van der Waals surface area contributed by atoms with Gasteiger partial charge >= 0.3 is 0 Å². The Labute approximate surface area is 120 Å². The van der Waals surface area contributed by atoms with Crippen molar-refractivity contribution in [1.82, 2.24) is 4.98 Å². The first-order chi connectivity index (χ1) is 10.2. The Kier molecular flexibility index (Phi) is 2.10. The number of epoxide rings is 1. The lowest BCUT2D eigenvalue weighted by atomic mass is 9.85.